The highest BCUT2D eigenvalue weighted by atomic mass is 16.6. The maximum absolute atomic E-state index is 12.2. The summed E-state index contributed by atoms with van der Waals surface area (Å²) in [4.78, 5) is 25.1. The number of hydrogen-bond donors (Lipinski definition) is 1. The van der Waals surface area contributed by atoms with Gasteiger partial charge in [0, 0.05) is 6.54 Å². The SMILES string of the molecule is CC(C)(C)OC(=O)N1CC2C3CCC3C2C1C(=O)O. The molecule has 1 amide bonds. The minimum Gasteiger partial charge on any atom is -0.480 e. The van der Waals surface area contributed by atoms with Crippen molar-refractivity contribution >= 4 is 12.1 Å². The molecular formula is C14H21NO4. The van der Waals surface area contributed by atoms with Gasteiger partial charge in [-0.05, 0) is 57.3 Å². The number of carboxylic acids is 1. The molecule has 5 atom stereocenters. The molecule has 3 rings (SSSR count). The summed E-state index contributed by atoms with van der Waals surface area (Å²) in [5.41, 5.74) is -0.583. The zero-order valence-electron chi connectivity index (χ0n) is 11.6. The largest absolute Gasteiger partial charge is 0.480 e. The maximum atomic E-state index is 12.2. The molecule has 5 heteroatoms. The van der Waals surface area contributed by atoms with E-state index in [4.69, 9.17) is 4.74 Å². The second kappa shape index (κ2) is 3.87. The topological polar surface area (TPSA) is 66.8 Å². The Kier molecular flexibility index (Phi) is 2.60. The quantitative estimate of drug-likeness (QED) is 0.788. The molecule has 2 saturated carbocycles. The number of amides is 1. The van der Waals surface area contributed by atoms with Crippen molar-refractivity contribution in [1.82, 2.24) is 4.90 Å². The first-order chi connectivity index (χ1) is 8.79. The van der Waals surface area contributed by atoms with Gasteiger partial charge in [0.15, 0.2) is 0 Å². The van der Waals surface area contributed by atoms with Gasteiger partial charge in [0.2, 0.25) is 0 Å². The Labute approximate surface area is 112 Å². The molecule has 19 heavy (non-hydrogen) atoms. The smallest absolute Gasteiger partial charge is 0.411 e. The zero-order valence-corrected chi connectivity index (χ0v) is 11.6. The summed E-state index contributed by atoms with van der Waals surface area (Å²) in [6.07, 6.45) is 1.84. The second-order valence-corrected chi connectivity index (χ2v) is 7.06. The minimum atomic E-state index is -0.885. The van der Waals surface area contributed by atoms with Crippen LogP contribution in [0.3, 0.4) is 0 Å². The third-order valence-corrected chi connectivity index (χ3v) is 4.91. The molecule has 0 aromatic carbocycles. The molecule has 1 heterocycles. The van der Waals surface area contributed by atoms with Crippen molar-refractivity contribution in [3.63, 3.8) is 0 Å². The van der Waals surface area contributed by atoms with Gasteiger partial charge in [-0.25, -0.2) is 9.59 Å². The third-order valence-electron chi connectivity index (χ3n) is 4.91. The molecule has 106 valence electrons. The molecule has 0 aromatic rings. The number of ether oxygens (including phenoxy) is 1. The Hall–Kier alpha value is -1.26. The summed E-state index contributed by atoms with van der Waals surface area (Å²) in [5.74, 6) is 0.831. The van der Waals surface area contributed by atoms with Gasteiger partial charge in [-0.3, -0.25) is 4.90 Å². The molecule has 0 spiro atoms. The molecule has 3 fully saturated rings. The number of aliphatic carboxylic acids is 1. The van der Waals surface area contributed by atoms with Crippen LogP contribution in [0.25, 0.3) is 0 Å². The van der Waals surface area contributed by atoms with Crippen molar-refractivity contribution in [1.29, 1.82) is 0 Å². The van der Waals surface area contributed by atoms with Crippen LogP contribution in [0.1, 0.15) is 33.6 Å². The van der Waals surface area contributed by atoms with Crippen LogP contribution in [0, 0.1) is 23.7 Å². The monoisotopic (exact) mass is 267 g/mol. The number of carbonyl (C=O) groups excluding carboxylic acids is 1. The summed E-state index contributed by atoms with van der Waals surface area (Å²) < 4.78 is 5.34. The molecular weight excluding hydrogens is 246 g/mol. The molecule has 1 saturated heterocycles. The van der Waals surface area contributed by atoms with Gasteiger partial charge < -0.3 is 9.84 Å². The highest BCUT2D eigenvalue weighted by molar-refractivity contribution is 5.82. The summed E-state index contributed by atoms with van der Waals surface area (Å²) in [6.45, 7) is 5.96. The lowest BCUT2D eigenvalue weighted by molar-refractivity contribution is -0.151. The summed E-state index contributed by atoms with van der Waals surface area (Å²) >= 11 is 0. The second-order valence-electron chi connectivity index (χ2n) is 7.06. The molecule has 5 unspecified atom stereocenters. The van der Waals surface area contributed by atoms with Crippen molar-refractivity contribution in [2.24, 2.45) is 23.7 Å². The first kappa shape index (κ1) is 12.8. The van der Waals surface area contributed by atoms with E-state index in [1.807, 2.05) is 0 Å². The van der Waals surface area contributed by atoms with Crippen molar-refractivity contribution in [2.75, 3.05) is 6.54 Å². The molecule has 5 nitrogen and oxygen atoms in total. The van der Waals surface area contributed by atoms with Crippen LogP contribution in [-0.4, -0.2) is 40.3 Å². The first-order valence-corrected chi connectivity index (χ1v) is 7.02. The van der Waals surface area contributed by atoms with E-state index in [2.05, 4.69) is 0 Å². The van der Waals surface area contributed by atoms with E-state index in [-0.39, 0.29) is 5.92 Å². The lowest BCUT2D eigenvalue weighted by atomic mass is 9.47. The number of fused-ring (bicyclic) bond motifs is 4. The van der Waals surface area contributed by atoms with Crippen LogP contribution in [0.15, 0.2) is 0 Å². The molecule has 1 N–H and O–H groups in total. The standard InChI is InChI=1S/C14H21NO4/c1-14(2,3)19-13(18)15-6-9-7-4-5-8(7)10(9)11(15)12(16)17/h7-11H,4-6H2,1-3H3,(H,16,17). The molecule has 1 aliphatic heterocycles. The van der Waals surface area contributed by atoms with E-state index >= 15 is 0 Å². The molecule has 0 radical (unpaired) electrons. The average molecular weight is 267 g/mol. The number of carbonyl (C=O) groups is 2. The lowest BCUT2D eigenvalue weighted by Gasteiger charge is -2.57. The number of likely N-dealkylation sites (tertiary alicyclic amines) is 1. The number of hydrogen-bond acceptors (Lipinski definition) is 3. The summed E-state index contributed by atoms with van der Waals surface area (Å²) in [6, 6.07) is -0.679. The van der Waals surface area contributed by atoms with E-state index in [1.165, 1.54) is 11.3 Å². The first-order valence-electron chi connectivity index (χ1n) is 7.02. The highest BCUT2D eigenvalue weighted by Gasteiger charge is 2.65. The molecule has 3 aliphatic rings. The molecule has 0 aromatic heterocycles. The summed E-state index contributed by atoms with van der Waals surface area (Å²) in [7, 11) is 0. The third kappa shape index (κ3) is 1.82. The van der Waals surface area contributed by atoms with Crippen molar-refractivity contribution in [3.05, 3.63) is 0 Å². The van der Waals surface area contributed by atoms with Crippen molar-refractivity contribution in [2.45, 2.75) is 45.3 Å². The van der Waals surface area contributed by atoms with Gasteiger partial charge in [0.1, 0.15) is 11.6 Å². The average Bonchev–Trinajstić information content (AvgIpc) is 2.51. The predicted octanol–water partition coefficient (Wildman–Crippen LogP) is 1.96. The lowest BCUT2D eigenvalue weighted by Crippen LogP contribution is -2.56. The van der Waals surface area contributed by atoms with E-state index in [1.54, 1.807) is 20.8 Å². The van der Waals surface area contributed by atoms with Crippen molar-refractivity contribution in [3.8, 4) is 0 Å². The van der Waals surface area contributed by atoms with E-state index in [0.717, 1.165) is 6.42 Å². The fourth-order valence-electron chi connectivity index (χ4n) is 4.10. The van der Waals surface area contributed by atoms with Crippen LogP contribution in [0.5, 0.6) is 0 Å². The fourth-order valence-corrected chi connectivity index (χ4v) is 4.10. The predicted molar refractivity (Wildman–Crippen MR) is 67.6 cm³/mol. The molecule has 2 aliphatic carbocycles. The normalized spacial score (nSPS) is 39.7. The van der Waals surface area contributed by atoms with Gasteiger partial charge >= 0.3 is 12.1 Å². The Bertz CT molecular complexity index is 428. The Morgan fingerprint density at radius 2 is 1.79 bits per heavy atom. The van der Waals surface area contributed by atoms with Crippen LogP contribution in [0.4, 0.5) is 4.79 Å². The number of carboxylic acid groups (broad SMARTS) is 1. The van der Waals surface area contributed by atoms with Crippen LogP contribution >= 0.6 is 0 Å². The van der Waals surface area contributed by atoms with Gasteiger partial charge in [-0.15, -0.1) is 0 Å². The maximum Gasteiger partial charge on any atom is 0.411 e. The van der Waals surface area contributed by atoms with Gasteiger partial charge in [-0.1, -0.05) is 0 Å². The van der Waals surface area contributed by atoms with Crippen LogP contribution in [-0.2, 0) is 9.53 Å². The Morgan fingerprint density at radius 1 is 1.16 bits per heavy atom. The van der Waals surface area contributed by atoms with Gasteiger partial charge in [-0.2, -0.15) is 0 Å². The van der Waals surface area contributed by atoms with E-state index in [0.29, 0.717) is 24.3 Å². The zero-order chi connectivity index (χ0) is 13.9. The van der Waals surface area contributed by atoms with Gasteiger partial charge in [0.25, 0.3) is 0 Å². The summed E-state index contributed by atoms with van der Waals surface area (Å²) in [5, 5.41) is 9.43. The fraction of sp³-hybridized carbons (Fsp3) is 0.857. The van der Waals surface area contributed by atoms with Gasteiger partial charge in [0.05, 0.1) is 0 Å². The highest BCUT2D eigenvalue weighted by Crippen LogP contribution is 2.63. The van der Waals surface area contributed by atoms with E-state index in [9.17, 15) is 14.7 Å². The Balaban J connectivity index is 1.77. The molecule has 0 bridgehead atoms. The minimum absolute atomic E-state index is 0.156. The van der Waals surface area contributed by atoms with E-state index < -0.39 is 23.7 Å². The Morgan fingerprint density at radius 3 is 2.26 bits per heavy atom. The van der Waals surface area contributed by atoms with Crippen LogP contribution in [0.2, 0.25) is 0 Å². The van der Waals surface area contributed by atoms with Crippen molar-refractivity contribution < 1.29 is 19.4 Å². The van der Waals surface area contributed by atoms with Crippen LogP contribution < -0.4 is 0 Å². The number of rotatable bonds is 1. The number of nitrogens with zero attached hydrogens (tertiary/aromatic N) is 1.